The molecule has 0 aliphatic carbocycles. The second-order valence-corrected chi connectivity index (χ2v) is 7.34. The summed E-state index contributed by atoms with van der Waals surface area (Å²) < 4.78 is 49.2. The molecule has 0 saturated heterocycles. The van der Waals surface area contributed by atoms with Gasteiger partial charge in [0.25, 0.3) is 0 Å². The Morgan fingerprint density at radius 3 is 2.61 bits per heavy atom. The van der Waals surface area contributed by atoms with E-state index < -0.39 is 22.3 Å². The van der Waals surface area contributed by atoms with Gasteiger partial charge in [0.2, 0.25) is 5.60 Å². The number of hydrogen-bond donors (Lipinski definition) is 2. The highest BCUT2D eigenvalue weighted by atomic mass is 32.1. The molecule has 4 aromatic rings. The predicted octanol–water partition coefficient (Wildman–Crippen LogP) is 3.82. The topological polar surface area (TPSA) is 90.1 Å². The number of halogens is 3. The van der Waals surface area contributed by atoms with E-state index in [-0.39, 0.29) is 12.4 Å². The second kappa shape index (κ2) is 6.35. The van der Waals surface area contributed by atoms with Crippen LogP contribution < -0.4 is 5.73 Å². The summed E-state index contributed by atoms with van der Waals surface area (Å²) >= 11 is 0.759. The molecule has 0 amide bonds. The van der Waals surface area contributed by atoms with Gasteiger partial charge in [-0.05, 0) is 31.2 Å². The van der Waals surface area contributed by atoms with Crippen LogP contribution in [-0.2, 0) is 12.1 Å². The zero-order valence-corrected chi connectivity index (χ0v) is 15.4. The third-order valence-corrected chi connectivity index (χ3v) is 5.53. The number of nitrogens with zero attached hydrogens (tertiary/aromatic N) is 3. The molecular formula is C18H15F3N4O2S. The van der Waals surface area contributed by atoms with Crippen LogP contribution in [0.2, 0.25) is 0 Å². The Kier molecular flexibility index (Phi) is 4.20. The lowest BCUT2D eigenvalue weighted by Crippen LogP contribution is -2.43. The lowest BCUT2D eigenvalue weighted by atomic mass is 9.96. The second-order valence-electron chi connectivity index (χ2n) is 6.31. The summed E-state index contributed by atoms with van der Waals surface area (Å²) in [4.78, 5) is 4.00. The first-order chi connectivity index (χ1) is 13.2. The highest BCUT2D eigenvalue weighted by Gasteiger charge is 2.60. The van der Waals surface area contributed by atoms with Gasteiger partial charge < -0.3 is 15.3 Å². The Morgan fingerprint density at radius 2 is 1.96 bits per heavy atom. The molecule has 4 rings (SSSR count). The average molecular weight is 408 g/mol. The summed E-state index contributed by atoms with van der Waals surface area (Å²) in [5, 5.41) is 14.2. The van der Waals surface area contributed by atoms with Crippen LogP contribution >= 0.6 is 11.3 Å². The lowest BCUT2D eigenvalue weighted by molar-refractivity contribution is -0.248. The van der Waals surface area contributed by atoms with Gasteiger partial charge in [-0.15, -0.1) is 11.3 Å². The molecule has 10 heteroatoms. The van der Waals surface area contributed by atoms with Crippen molar-refractivity contribution < 1.29 is 22.7 Å². The molecule has 3 heterocycles. The average Bonchev–Trinajstić information content (AvgIpc) is 3.33. The first-order valence-electron chi connectivity index (χ1n) is 8.22. The number of benzene rings is 1. The molecule has 0 aliphatic rings. The minimum Gasteiger partial charge on any atom is -0.464 e. The molecule has 6 nitrogen and oxygen atoms in total. The molecule has 1 unspecified atom stereocenters. The highest BCUT2D eigenvalue weighted by molar-refractivity contribution is 7.18. The molecule has 1 atom stereocenters. The summed E-state index contributed by atoms with van der Waals surface area (Å²) in [6, 6.07) is 9.98. The molecule has 0 radical (unpaired) electrons. The standard InChI is InChI=1S/C18H15F3N4O2S/c1-10-6-7-11(27-10)9-25-15(22)12(8-23-25)17(26,18(19,20)21)16-24-13-4-2-3-5-14(13)28-16/h2-8,26H,9,22H2,1H3. The predicted molar refractivity (Wildman–Crippen MR) is 97.9 cm³/mol. The van der Waals surface area contributed by atoms with Crippen LogP contribution in [0.3, 0.4) is 0 Å². The van der Waals surface area contributed by atoms with E-state index in [1.165, 1.54) is 0 Å². The fourth-order valence-electron chi connectivity index (χ4n) is 2.93. The Bertz CT molecular complexity index is 1110. The van der Waals surface area contributed by atoms with Gasteiger partial charge in [-0.25, -0.2) is 9.67 Å². The van der Waals surface area contributed by atoms with Crippen molar-refractivity contribution in [3.63, 3.8) is 0 Å². The van der Waals surface area contributed by atoms with Gasteiger partial charge in [-0.2, -0.15) is 18.3 Å². The Labute approximate surface area is 161 Å². The molecule has 0 aliphatic heterocycles. The van der Waals surface area contributed by atoms with Crippen molar-refractivity contribution in [2.75, 3.05) is 5.73 Å². The minimum atomic E-state index is -5.05. The minimum absolute atomic E-state index is 0.0352. The number of para-hydroxylation sites is 1. The van der Waals surface area contributed by atoms with E-state index in [1.54, 1.807) is 43.3 Å². The SMILES string of the molecule is Cc1ccc(Cn2ncc(C(O)(c3nc4ccccc4s3)C(F)(F)F)c2N)o1. The van der Waals surface area contributed by atoms with E-state index in [4.69, 9.17) is 10.2 Å². The Morgan fingerprint density at radius 1 is 1.21 bits per heavy atom. The number of aliphatic hydroxyl groups is 1. The van der Waals surface area contributed by atoms with Gasteiger partial charge in [0.1, 0.15) is 28.9 Å². The maximum atomic E-state index is 14.0. The molecule has 0 fully saturated rings. The molecule has 3 N–H and O–H groups in total. The van der Waals surface area contributed by atoms with E-state index in [9.17, 15) is 18.3 Å². The third kappa shape index (κ3) is 2.85. The van der Waals surface area contributed by atoms with Crippen molar-refractivity contribution in [3.8, 4) is 0 Å². The molecule has 0 spiro atoms. The summed E-state index contributed by atoms with van der Waals surface area (Å²) in [5.41, 5.74) is 2.37. The lowest BCUT2D eigenvalue weighted by Gasteiger charge is -2.28. The number of aryl methyl sites for hydroxylation is 1. The van der Waals surface area contributed by atoms with E-state index in [0.717, 1.165) is 22.2 Å². The summed E-state index contributed by atoms with van der Waals surface area (Å²) in [6.45, 7) is 1.78. The summed E-state index contributed by atoms with van der Waals surface area (Å²) in [6.07, 6.45) is -4.13. The van der Waals surface area contributed by atoms with Crippen LogP contribution in [0.1, 0.15) is 22.1 Å². The number of nitrogens with two attached hydrogens (primary N) is 1. The summed E-state index contributed by atoms with van der Waals surface area (Å²) in [7, 11) is 0. The smallest absolute Gasteiger partial charge is 0.428 e. The highest BCUT2D eigenvalue weighted by Crippen LogP contribution is 2.48. The number of nitrogen functional groups attached to an aromatic ring is 1. The number of anilines is 1. The zero-order chi connectivity index (χ0) is 20.1. The number of hydrogen-bond acceptors (Lipinski definition) is 6. The number of alkyl halides is 3. The molecule has 146 valence electrons. The largest absolute Gasteiger partial charge is 0.464 e. The number of furan rings is 1. The van der Waals surface area contributed by atoms with Crippen molar-refractivity contribution >= 4 is 27.4 Å². The fraction of sp³-hybridized carbons (Fsp3) is 0.222. The molecular weight excluding hydrogens is 393 g/mol. The van der Waals surface area contributed by atoms with E-state index in [0.29, 0.717) is 21.7 Å². The molecule has 0 bridgehead atoms. The Balaban J connectivity index is 1.82. The number of thiazole rings is 1. The monoisotopic (exact) mass is 408 g/mol. The van der Waals surface area contributed by atoms with E-state index in [2.05, 4.69) is 10.1 Å². The number of rotatable bonds is 4. The first-order valence-corrected chi connectivity index (χ1v) is 9.04. The quantitative estimate of drug-likeness (QED) is 0.536. The van der Waals surface area contributed by atoms with Gasteiger partial charge in [-0.1, -0.05) is 12.1 Å². The summed E-state index contributed by atoms with van der Waals surface area (Å²) in [5.74, 6) is 0.824. The van der Waals surface area contributed by atoms with Crippen molar-refractivity contribution in [3.05, 3.63) is 64.7 Å². The number of fused-ring (bicyclic) bond motifs is 1. The van der Waals surface area contributed by atoms with E-state index in [1.807, 2.05) is 0 Å². The van der Waals surface area contributed by atoms with Gasteiger partial charge in [0.05, 0.1) is 22.0 Å². The maximum absolute atomic E-state index is 14.0. The maximum Gasteiger partial charge on any atom is 0.428 e. The van der Waals surface area contributed by atoms with Crippen molar-refractivity contribution in [1.29, 1.82) is 0 Å². The van der Waals surface area contributed by atoms with Gasteiger partial charge in [-0.3, -0.25) is 0 Å². The van der Waals surface area contributed by atoms with Crippen LogP contribution in [0.15, 0.2) is 47.0 Å². The zero-order valence-electron chi connectivity index (χ0n) is 14.6. The van der Waals surface area contributed by atoms with Gasteiger partial charge >= 0.3 is 6.18 Å². The Hall–Kier alpha value is -2.85. The first kappa shape index (κ1) is 18.5. The van der Waals surface area contributed by atoms with Crippen molar-refractivity contribution in [2.24, 2.45) is 0 Å². The molecule has 3 aromatic heterocycles. The van der Waals surface area contributed by atoms with Crippen molar-refractivity contribution in [2.45, 2.75) is 25.2 Å². The van der Waals surface area contributed by atoms with Crippen LogP contribution in [0.4, 0.5) is 19.0 Å². The van der Waals surface area contributed by atoms with Crippen LogP contribution in [0.25, 0.3) is 10.2 Å². The van der Waals surface area contributed by atoms with Crippen molar-refractivity contribution in [1.82, 2.24) is 14.8 Å². The van der Waals surface area contributed by atoms with Crippen LogP contribution in [0, 0.1) is 6.92 Å². The van der Waals surface area contributed by atoms with Gasteiger partial charge in [0, 0.05) is 0 Å². The fourth-order valence-corrected chi connectivity index (χ4v) is 4.02. The molecule has 28 heavy (non-hydrogen) atoms. The third-order valence-electron chi connectivity index (χ3n) is 4.39. The normalized spacial score (nSPS) is 14.5. The van der Waals surface area contributed by atoms with E-state index >= 15 is 0 Å². The number of aromatic nitrogens is 3. The van der Waals surface area contributed by atoms with Gasteiger partial charge in [0.15, 0.2) is 0 Å². The molecule has 0 saturated carbocycles. The van der Waals surface area contributed by atoms with Crippen LogP contribution in [-0.4, -0.2) is 26.0 Å². The molecule has 1 aromatic carbocycles. The van der Waals surface area contributed by atoms with Crippen LogP contribution in [0.5, 0.6) is 0 Å².